The van der Waals surface area contributed by atoms with Crippen molar-refractivity contribution in [3.8, 4) is 16.2 Å². The van der Waals surface area contributed by atoms with Gasteiger partial charge in [-0.05, 0) is 12.5 Å². The smallest absolute Gasteiger partial charge is 0.206 e. The van der Waals surface area contributed by atoms with Gasteiger partial charge in [0.15, 0.2) is 0 Å². The summed E-state index contributed by atoms with van der Waals surface area (Å²) in [5.74, 6) is -0.0453. The summed E-state index contributed by atoms with van der Waals surface area (Å²) < 4.78 is 0. The number of carbonyl (C=O) groups is 1. The first-order valence-electron chi connectivity index (χ1n) is 6.66. The zero-order chi connectivity index (χ0) is 14.8. The summed E-state index contributed by atoms with van der Waals surface area (Å²) in [7, 11) is 0. The summed E-state index contributed by atoms with van der Waals surface area (Å²) in [5.41, 5.74) is 2.36. The maximum absolute atomic E-state index is 12.5. The Kier molecular flexibility index (Phi) is 3.59. The second-order valence-corrected chi connectivity index (χ2v) is 5.82. The molecule has 2 nitrogen and oxygen atoms in total. The van der Waals surface area contributed by atoms with Gasteiger partial charge in [-0.3, -0.25) is 4.79 Å². The van der Waals surface area contributed by atoms with Crippen molar-refractivity contribution in [3.63, 3.8) is 0 Å². The molecule has 1 N–H and O–H groups in total. The standard InChI is InChI=1S/C18H14O2S/c1-12-15(19)18(16(20)13-8-4-2-5-9-13)21-17(12)14-10-6-3-7-11-14/h2-11,19H,1H3. The average molecular weight is 294 g/mol. The molecule has 0 aliphatic heterocycles. The number of benzene rings is 2. The lowest BCUT2D eigenvalue weighted by Gasteiger charge is -1.98. The zero-order valence-electron chi connectivity index (χ0n) is 11.5. The minimum Gasteiger partial charge on any atom is -0.506 e. The zero-order valence-corrected chi connectivity index (χ0v) is 12.4. The highest BCUT2D eigenvalue weighted by molar-refractivity contribution is 7.18. The Morgan fingerprint density at radius 2 is 1.52 bits per heavy atom. The van der Waals surface area contributed by atoms with Crippen LogP contribution in [0, 0.1) is 6.92 Å². The molecule has 0 amide bonds. The van der Waals surface area contributed by atoms with Crippen molar-refractivity contribution in [1.29, 1.82) is 0 Å². The highest BCUT2D eigenvalue weighted by Crippen LogP contribution is 2.41. The van der Waals surface area contributed by atoms with Crippen molar-refractivity contribution in [3.05, 3.63) is 76.7 Å². The van der Waals surface area contributed by atoms with E-state index < -0.39 is 0 Å². The third kappa shape index (κ3) is 2.48. The number of aromatic hydroxyl groups is 1. The summed E-state index contributed by atoms with van der Waals surface area (Å²) in [6, 6.07) is 18.8. The molecule has 3 aromatic rings. The molecule has 3 rings (SSSR count). The van der Waals surface area contributed by atoms with Gasteiger partial charge in [0.2, 0.25) is 5.78 Å². The first-order chi connectivity index (χ1) is 10.2. The van der Waals surface area contributed by atoms with Gasteiger partial charge < -0.3 is 5.11 Å². The lowest BCUT2D eigenvalue weighted by molar-refractivity contribution is 0.104. The van der Waals surface area contributed by atoms with Crippen molar-refractivity contribution in [2.24, 2.45) is 0 Å². The third-order valence-corrected chi connectivity index (χ3v) is 4.72. The Balaban J connectivity index is 2.08. The molecule has 0 radical (unpaired) electrons. The Labute approximate surface area is 127 Å². The van der Waals surface area contributed by atoms with Gasteiger partial charge in [0.05, 0.1) is 0 Å². The topological polar surface area (TPSA) is 37.3 Å². The second kappa shape index (κ2) is 5.54. The Bertz CT molecular complexity index is 774. The monoisotopic (exact) mass is 294 g/mol. The Morgan fingerprint density at radius 1 is 0.952 bits per heavy atom. The van der Waals surface area contributed by atoms with E-state index in [1.54, 1.807) is 12.1 Å². The number of hydrogen-bond acceptors (Lipinski definition) is 3. The van der Waals surface area contributed by atoms with Crippen LogP contribution in [-0.2, 0) is 0 Å². The Morgan fingerprint density at radius 3 is 2.14 bits per heavy atom. The van der Waals surface area contributed by atoms with Crippen molar-refractivity contribution in [2.45, 2.75) is 6.92 Å². The van der Waals surface area contributed by atoms with Crippen molar-refractivity contribution in [1.82, 2.24) is 0 Å². The normalized spacial score (nSPS) is 10.5. The van der Waals surface area contributed by atoms with Gasteiger partial charge in [-0.15, -0.1) is 11.3 Å². The number of hydrogen-bond donors (Lipinski definition) is 1. The van der Waals surface area contributed by atoms with Gasteiger partial charge in [-0.1, -0.05) is 60.7 Å². The van der Waals surface area contributed by atoms with Crippen molar-refractivity contribution >= 4 is 17.1 Å². The van der Waals surface area contributed by atoms with Crippen LogP contribution in [0.15, 0.2) is 60.7 Å². The molecule has 0 spiro atoms. The van der Waals surface area contributed by atoms with Crippen molar-refractivity contribution in [2.75, 3.05) is 0 Å². The van der Waals surface area contributed by atoms with Gasteiger partial charge in [-0.25, -0.2) is 0 Å². The van der Waals surface area contributed by atoms with Crippen molar-refractivity contribution < 1.29 is 9.90 Å². The number of thiophene rings is 1. The number of carbonyl (C=O) groups excluding carboxylic acids is 1. The average Bonchev–Trinajstić information content (AvgIpc) is 2.84. The molecular weight excluding hydrogens is 280 g/mol. The second-order valence-electron chi connectivity index (χ2n) is 4.80. The van der Waals surface area contributed by atoms with Crippen LogP contribution in [0.1, 0.15) is 20.8 Å². The van der Waals surface area contributed by atoms with Crippen LogP contribution >= 0.6 is 11.3 Å². The molecule has 0 saturated carbocycles. The molecule has 2 aromatic carbocycles. The minimum absolute atomic E-state index is 0.0905. The number of ketones is 1. The molecule has 0 aliphatic rings. The molecule has 0 fully saturated rings. The molecule has 0 unspecified atom stereocenters. The minimum atomic E-state index is -0.136. The molecule has 0 aliphatic carbocycles. The van der Waals surface area contributed by atoms with Gasteiger partial charge in [-0.2, -0.15) is 0 Å². The molecule has 104 valence electrons. The summed E-state index contributed by atoms with van der Waals surface area (Å²) >= 11 is 1.34. The van der Waals surface area contributed by atoms with Crippen LogP contribution in [0.4, 0.5) is 0 Å². The molecule has 0 bridgehead atoms. The van der Waals surface area contributed by atoms with E-state index in [-0.39, 0.29) is 11.5 Å². The lowest BCUT2D eigenvalue weighted by Crippen LogP contribution is -1.98. The lowest BCUT2D eigenvalue weighted by atomic mass is 10.1. The van der Waals surface area contributed by atoms with E-state index in [0.29, 0.717) is 10.4 Å². The summed E-state index contributed by atoms with van der Waals surface area (Å²) in [6.45, 7) is 1.84. The van der Waals surface area contributed by atoms with Crippen LogP contribution in [0.2, 0.25) is 0 Å². The largest absolute Gasteiger partial charge is 0.506 e. The van der Waals surface area contributed by atoms with Crippen LogP contribution in [0.3, 0.4) is 0 Å². The van der Waals surface area contributed by atoms with Gasteiger partial charge in [0, 0.05) is 16.0 Å². The van der Waals surface area contributed by atoms with Crippen LogP contribution in [-0.4, -0.2) is 10.9 Å². The molecule has 0 saturated heterocycles. The highest BCUT2D eigenvalue weighted by atomic mass is 32.1. The Hall–Kier alpha value is -2.39. The molecule has 1 heterocycles. The fourth-order valence-electron chi connectivity index (χ4n) is 2.24. The van der Waals surface area contributed by atoms with Crippen LogP contribution < -0.4 is 0 Å². The molecule has 0 atom stereocenters. The predicted octanol–water partition coefficient (Wildman–Crippen LogP) is 4.66. The van der Waals surface area contributed by atoms with E-state index in [2.05, 4.69) is 0 Å². The first kappa shape index (κ1) is 13.6. The molecular formula is C18H14O2S. The van der Waals surface area contributed by atoms with E-state index in [1.165, 1.54) is 11.3 Å². The van der Waals surface area contributed by atoms with E-state index in [9.17, 15) is 9.90 Å². The summed E-state index contributed by atoms with van der Waals surface area (Å²) in [4.78, 5) is 13.9. The quantitative estimate of drug-likeness (QED) is 0.713. The fourth-order valence-corrected chi connectivity index (χ4v) is 3.41. The maximum atomic E-state index is 12.5. The van der Waals surface area contributed by atoms with Crippen LogP contribution in [0.25, 0.3) is 10.4 Å². The van der Waals surface area contributed by atoms with E-state index in [0.717, 1.165) is 16.0 Å². The summed E-state index contributed by atoms with van der Waals surface area (Å²) in [6.07, 6.45) is 0. The summed E-state index contributed by atoms with van der Waals surface area (Å²) in [5, 5.41) is 10.3. The molecule has 1 aromatic heterocycles. The highest BCUT2D eigenvalue weighted by Gasteiger charge is 2.21. The third-order valence-electron chi connectivity index (χ3n) is 3.39. The fraction of sp³-hybridized carbons (Fsp3) is 0.0556. The number of rotatable bonds is 3. The molecule has 3 heteroatoms. The van der Waals surface area contributed by atoms with Gasteiger partial charge in [0.1, 0.15) is 10.6 Å². The van der Waals surface area contributed by atoms with Gasteiger partial charge in [0.25, 0.3) is 0 Å². The van der Waals surface area contributed by atoms with E-state index in [4.69, 9.17) is 0 Å². The first-order valence-corrected chi connectivity index (χ1v) is 7.47. The maximum Gasteiger partial charge on any atom is 0.206 e. The SMILES string of the molecule is Cc1c(-c2ccccc2)sc(C(=O)c2ccccc2)c1O. The predicted molar refractivity (Wildman–Crippen MR) is 86.0 cm³/mol. The van der Waals surface area contributed by atoms with E-state index >= 15 is 0 Å². The van der Waals surface area contributed by atoms with E-state index in [1.807, 2.05) is 55.5 Å². The van der Waals surface area contributed by atoms with Crippen LogP contribution in [0.5, 0.6) is 5.75 Å². The van der Waals surface area contributed by atoms with Gasteiger partial charge >= 0.3 is 0 Å². The molecule has 21 heavy (non-hydrogen) atoms.